The summed E-state index contributed by atoms with van der Waals surface area (Å²) in [7, 11) is 0. The molecule has 0 bridgehead atoms. The van der Waals surface area contributed by atoms with Crippen molar-refractivity contribution >= 4 is 11.6 Å². The Kier molecular flexibility index (Phi) is 3.68. The van der Waals surface area contributed by atoms with Crippen LogP contribution in [0.3, 0.4) is 0 Å². The molecule has 0 fully saturated rings. The highest BCUT2D eigenvalue weighted by Crippen LogP contribution is 2.24. The van der Waals surface area contributed by atoms with Crippen LogP contribution in [0.1, 0.15) is 5.56 Å². The van der Waals surface area contributed by atoms with E-state index in [9.17, 15) is 22.4 Å². The lowest BCUT2D eigenvalue weighted by Gasteiger charge is -2.14. The Morgan fingerprint density at radius 2 is 2.06 bits per heavy atom. The summed E-state index contributed by atoms with van der Waals surface area (Å²) in [5.74, 6) is -6.87. The van der Waals surface area contributed by atoms with Crippen LogP contribution in [-0.4, -0.2) is 18.3 Å². The summed E-state index contributed by atoms with van der Waals surface area (Å²) < 4.78 is 48.9. The lowest BCUT2D eigenvalue weighted by atomic mass is 10.2. The van der Waals surface area contributed by atoms with Gasteiger partial charge in [-0.05, 0) is 18.2 Å². The van der Waals surface area contributed by atoms with Gasteiger partial charge in [-0.2, -0.15) is 14.0 Å². The molecular weight excluding hydrogens is 240 g/mol. The van der Waals surface area contributed by atoms with Crippen molar-refractivity contribution in [1.82, 2.24) is 0 Å². The van der Waals surface area contributed by atoms with Crippen LogP contribution in [0.15, 0.2) is 24.3 Å². The number of amides is 1. The van der Waals surface area contributed by atoms with Crippen LogP contribution in [0.25, 0.3) is 0 Å². The average Bonchev–Trinajstić information content (AvgIpc) is 2.29. The molecule has 0 saturated carbocycles. The van der Waals surface area contributed by atoms with Crippen molar-refractivity contribution in [2.45, 2.75) is 12.3 Å². The fourth-order valence-electron chi connectivity index (χ4n) is 0.980. The van der Waals surface area contributed by atoms with Crippen molar-refractivity contribution in [1.29, 1.82) is 5.26 Å². The topological polar surface area (TPSA) is 52.9 Å². The highest BCUT2D eigenvalue weighted by atomic mass is 19.3. The second-order valence-electron chi connectivity index (χ2n) is 3.07. The summed E-state index contributed by atoms with van der Waals surface area (Å²) in [4.78, 5) is 10.9. The zero-order valence-electron chi connectivity index (χ0n) is 8.25. The van der Waals surface area contributed by atoms with Gasteiger partial charge in [-0.1, -0.05) is 6.07 Å². The van der Waals surface area contributed by atoms with E-state index < -0.39 is 18.3 Å². The molecule has 0 aliphatic rings. The molecule has 1 amide bonds. The predicted molar refractivity (Wildman–Crippen MR) is 50.7 cm³/mol. The Bertz CT molecular complexity index is 468. The zero-order chi connectivity index (χ0) is 13.1. The zero-order valence-corrected chi connectivity index (χ0v) is 8.25. The standard InChI is InChI=1S/C10H6F4N2O/c11-8(12)10(13,14)9(17)16-7-3-1-2-6(4-7)5-15/h1-4,8H,(H,16,17). The molecule has 0 aliphatic carbocycles. The van der Waals surface area contributed by atoms with E-state index in [1.807, 2.05) is 0 Å². The molecule has 0 spiro atoms. The maximum Gasteiger partial charge on any atom is 0.383 e. The molecule has 0 atom stereocenters. The number of benzene rings is 1. The maximum absolute atomic E-state index is 12.6. The van der Waals surface area contributed by atoms with Gasteiger partial charge in [0.1, 0.15) is 0 Å². The van der Waals surface area contributed by atoms with Crippen molar-refractivity contribution in [3.8, 4) is 6.07 Å². The van der Waals surface area contributed by atoms with E-state index in [1.165, 1.54) is 18.2 Å². The minimum Gasteiger partial charge on any atom is -0.321 e. The molecule has 7 heteroatoms. The third-order valence-corrected chi connectivity index (χ3v) is 1.83. The van der Waals surface area contributed by atoms with Gasteiger partial charge in [0, 0.05) is 5.69 Å². The van der Waals surface area contributed by atoms with E-state index in [0.717, 1.165) is 6.07 Å². The molecule has 1 aromatic carbocycles. The van der Waals surface area contributed by atoms with Crippen molar-refractivity contribution in [3.05, 3.63) is 29.8 Å². The van der Waals surface area contributed by atoms with Crippen molar-refractivity contribution in [2.75, 3.05) is 5.32 Å². The van der Waals surface area contributed by atoms with E-state index in [2.05, 4.69) is 0 Å². The number of carbonyl (C=O) groups excluding carboxylic acids is 1. The van der Waals surface area contributed by atoms with Gasteiger partial charge < -0.3 is 5.32 Å². The summed E-state index contributed by atoms with van der Waals surface area (Å²) in [6, 6.07) is 6.72. The van der Waals surface area contributed by atoms with Crippen molar-refractivity contribution in [3.63, 3.8) is 0 Å². The van der Waals surface area contributed by atoms with E-state index in [1.54, 1.807) is 11.4 Å². The summed E-state index contributed by atoms with van der Waals surface area (Å²) in [5, 5.41) is 10.1. The number of halogens is 4. The molecule has 17 heavy (non-hydrogen) atoms. The van der Waals surface area contributed by atoms with Crippen LogP contribution in [0.2, 0.25) is 0 Å². The molecule has 0 radical (unpaired) electrons. The van der Waals surface area contributed by atoms with E-state index >= 15 is 0 Å². The lowest BCUT2D eigenvalue weighted by molar-refractivity contribution is -0.163. The summed E-state index contributed by atoms with van der Waals surface area (Å²) in [6.07, 6.45) is -4.08. The van der Waals surface area contributed by atoms with Crippen LogP contribution >= 0.6 is 0 Å². The third kappa shape index (κ3) is 2.93. The fourth-order valence-corrected chi connectivity index (χ4v) is 0.980. The molecule has 90 valence electrons. The Labute approximate surface area is 93.7 Å². The minimum absolute atomic E-state index is 0.114. The fraction of sp³-hybridized carbons (Fsp3) is 0.200. The minimum atomic E-state index is -4.76. The van der Waals surface area contributed by atoms with Gasteiger partial charge in [0.05, 0.1) is 11.6 Å². The van der Waals surface area contributed by atoms with Gasteiger partial charge in [0.15, 0.2) is 0 Å². The molecule has 0 aromatic heterocycles. The third-order valence-electron chi connectivity index (χ3n) is 1.83. The average molecular weight is 246 g/mol. The number of hydrogen-bond donors (Lipinski definition) is 1. The van der Waals surface area contributed by atoms with Gasteiger partial charge in [-0.25, -0.2) is 8.78 Å². The number of anilines is 1. The predicted octanol–water partition coefficient (Wildman–Crippen LogP) is 2.40. The van der Waals surface area contributed by atoms with E-state index in [0.29, 0.717) is 0 Å². The number of rotatable bonds is 3. The summed E-state index contributed by atoms with van der Waals surface area (Å²) in [6.45, 7) is 0. The molecule has 0 unspecified atom stereocenters. The van der Waals surface area contributed by atoms with Crippen LogP contribution in [-0.2, 0) is 4.79 Å². The largest absolute Gasteiger partial charge is 0.383 e. The van der Waals surface area contributed by atoms with Crippen molar-refractivity contribution in [2.24, 2.45) is 0 Å². The van der Waals surface area contributed by atoms with Gasteiger partial charge in [0.2, 0.25) is 0 Å². The first-order valence-electron chi connectivity index (χ1n) is 4.35. The number of hydrogen-bond acceptors (Lipinski definition) is 2. The normalized spacial score (nSPS) is 11.1. The molecule has 0 saturated heterocycles. The first-order valence-corrected chi connectivity index (χ1v) is 4.35. The summed E-state index contributed by atoms with van der Waals surface area (Å²) in [5.41, 5.74) is -0.0301. The van der Waals surface area contributed by atoms with Crippen LogP contribution in [0.5, 0.6) is 0 Å². The smallest absolute Gasteiger partial charge is 0.321 e. The molecule has 0 heterocycles. The van der Waals surface area contributed by atoms with Crippen LogP contribution in [0, 0.1) is 11.3 Å². The van der Waals surface area contributed by atoms with Crippen LogP contribution in [0.4, 0.5) is 23.2 Å². The Hall–Kier alpha value is -2.10. The number of nitrogens with zero attached hydrogens (tertiary/aromatic N) is 1. The second kappa shape index (κ2) is 4.82. The molecule has 1 aromatic rings. The van der Waals surface area contributed by atoms with Crippen LogP contribution < -0.4 is 5.32 Å². The number of carbonyl (C=O) groups is 1. The molecular formula is C10H6F4N2O. The monoisotopic (exact) mass is 246 g/mol. The molecule has 3 nitrogen and oxygen atoms in total. The highest BCUT2D eigenvalue weighted by molar-refractivity contribution is 5.96. The second-order valence-corrected chi connectivity index (χ2v) is 3.07. The number of nitrogens with one attached hydrogen (secondary N) is 1. The number of nitriles is 1. The first-order chi connectivity index (χ1) is 7.87. The highest BCUT2D eigenvalue weighted by Gasteiger charge is 2.48. The molecule has 1 rings (SSSR count). The SMILES string of the molecule is N#Cc1cccc(NC(=O)C(F)(F)C(F)F)c1. The van der Waals surface area contributed by atoms with Crippen molar-refractivity contribution < 1.29 is 22.4 Å². The maximum atomic E-state index is 12.6. The van der Waals surface area contributed by atoms with Gasteiger partial charge >= 0.3 is 18.3 Å². The Balaban J connectivity index is 2.85. The van der Waals surface area contributed by atoms with E-state index in [-0.39, 0.29) is 11.3 Å². The van der Waals surface area contributed by atoms with Gasteiger partial charge in [-0.3, -0.25) is 4.79 Å². The van der Waals surface area contributed by atoms with Gasteiger partial charge in [-0.15, -0.1) is 0 Å². The molecule has 1 N–H and O–H groups in total. The Morgan fingerprint density at radius 3 is 2.59 bits per heavy atom. The van der Waals surface area contributed by atoms with Gasteiger partial charge in [0.25, 0.3) is 0 Å². The number of alkyl halides is 4. The quantitative estimate of drug-likeness (QED) is 0.832. The van der Waals surface area contributed by atoms with E-state index in [4.69, 9.17) is 5.26 Å². The summed E-state index contributed by atoms with van der Waals surface area (Å²) >= 11 is 0. The lowest BCUT2D eigenvalue weighted by Crippen LogP contribution is -2.40. The molecule has 0 aliphatic heterocycles. The Morgan fingerprint density at radius 1 is 1.41 bits per heavy atom. The first kappa shape index (κ1) is 13.0.